The zero-order valence-electron chi connectivity index (χ0n) is 21.3. The topological polar surface area (TPSA) is 58.4 Å². The molecule has 6 heteroatoms. The van der Waals surface area contributed by atoms with E-state index in [9.17, 15) is 9.59 Å². The number of carbonyl (C=O) groups excluding carboxylic acids is 2. The van der Waals surface area contributed by atoms with Crippen LogP contribution in [0.5, 0.6) is 0 Å². The summed E-state index contributed by atoms with van der Waals surface area (Å²) in [6, 6.07) is 16.1. The van der Waals surface area contributed by atoms with E-state index in [-0.39, 0.29) is 17.7 Å². The first-order valence-electron chi connectivity index (χ1n) is 12.7. The number of carbonyl (C=O) groups is 2. The molecule has 0 radical (unpaired) electrons. The van der Waals surface area contributed by atoms with Crippen LogP contribution in [0.3, 0.4) is 0 Å². The van der Waals surface area contributed by atoms with Gasteiger partial charge in [-0.3, -0.25) is 9.59 Å². The second-order valence-corrected chi connectivity index (χ2v) is 9.67. The lowest BCUT2D eigenvalue weighted by Crippen LogP contribution is -2.43. The average molecular weight is 473 g/mol. The van der Waals surface area contributed by atoms with Crippen LogP contribution in [0.25, 0.3) is 16.9 Å². The number of nitrogens with zero attached hydrogens (tertiary/aromatic N) is 4. The molecule has 3 aromatic rings. The molecular formula is C29H36N4O2. The molecule has 2 heterocycles. The van der Waals surface area contributed by atoms with Crippen molar-refractivity contribution in [2.75, 3.05) is 26.7 Å². The third-order valence-electron chi connectivity index (χ3n) is 6.96. The molecule has 0 saturated carbocycles. The Morgan fingerprint density at radius 2 is 1.77 bits per heavy atom. The molecule has 0 N–H and O–H groups in total. The lowest BCUT2D eigenvalue weighted by Gasteiger charge is -2.33. The van der Waals surface area contributed by atoms with Crippen LogP contribution in [0.15, 0.2) is 54.7 Å². The predicted octanol–water partition coefficient (Wildman–Crippen LogP) is 5.27. The van der Waals surface area contributed by atoms with E-state index in [1.54, 1.807) is 4.68 Å². The van der Waals surface area contributed by atoms with E-state index in [2.05, 4.69) is 39.0 Å². The van der Waals surface area contributed by atoms with Crippen LogP contribution in [-0.2, 0) is 4.79 Å². The van der Waals surface area contributed by atoms with Gasteiger partial charge in [-0.1, -0.05) is 55.3 Å². The van der Waals surface area contributed by atoms with Crippen molar-refractivity contribution in [1.29, 1.82) is 0 Å². The predicted molar refractivity (Wildman–Crippen MR) is 140 cm³/mol. The molecule has 2 amide bonds. The van der Waals surface area contributed by atoms with E-state index in [0.29, 0.717) is 37.2 Å². The largest absolute Gasteiger partial charge is 0.346 e. The molecule has 0 unspecified atom stereocenters. The number of amides is 2. The zero-order valence-corrected chi connectivity index (χ0v) is 21.3. The van der Waals surface area contributed by atoms with Crippen molar-refractivity contribution in [2.24, 2.45) is 5.92 Å². The van der Waals surface area contributed by atoms with Gasteiger partial charge in [0.05, 0.1) is 11.3 Å². The number of benzene rings is 2. The Bertz CT molecular complexity index is 1180. The fraction of sp³-hybridized carbons (Fsp3) is 0.414. The molecule has 1 saturated heterocycles. The molecule has 0 aliphatic carbocycles. The first kappa shape index (κ1) is 24.7. The second-order valence-electron chi connectivity index (χ2n) is 9.67. The van der Waals surface area contributed by atoms with Crippen LogP contribution < -0.4 is 0 Å². The number of hydrogen-bond donors (Lipinski definition) is 0. The summed E-state index contributed by atoms with van der Waals surface area (Å²) in [6.07, 6.45) is 5.35. The van der Waals surface area contributed by atoms with E-state index in [0.717, 1.165) is 36.2 Å². The van der Waals surface area contributed by atoms with Crippen molar-refractivity contribution in [3.63, 3.8) is 0 Å². The summed E-state index contributed by atoms with van der Waals surface area (Å²) in [6.45, 7) is 8.22. The summed E-state index contributed by atoms with van der Waals surface area (Å²) < 4.78 is 1.79. The minimum atomic E-state index is -0.0209. The molecule has 1 aliphatic rings. The molecule has 1 aromatic heterocycles. The molecule has 4 rings (SSSR count). The molecule has 1 fully saturated rings. The molecule has 184 valence electrons. The standard InChI is InChI=1S/C29H36N4O2/c1-5-6-16-31(4)28(34)23-14-17-32(18-15-23)29(35)26-20-33(24-10-8-7-9-11-24)30-27(26)25-13-12-21(2)19-22(25)3/h7-13,19-20,23H,5-6,14-18H2,1-4H3. The Balaban J connectivity index is 1.58. The maximum absolute atomic E-state index is 13.7. The van der Waals surface area contributed by atoms with Crippen LogP contribution in [0.2, 0.25) is 0 Å². The summed E-state index contributed by atoms with van der Waals surface area (Å²) in [4.78, 5) is 30.3. The third kappa shape index (κ3) is 5.47. The number of unbranched alkanes of at least 4 members (excludes halogenated alkanes) is 1. The van der Waals surface area contributed by atoms with E-state index in [1.165, 1.54) is 5.56 Å². The fourth-order valence-electron chi connectivity index (χ4n) is 4.84. The van der Waals surface area contributed by atoms with Gasteiger partial charge in [-0.15, -0.1) is 0 Å². The maximum Gasteiger partial charge on any atom is 0.257 e. The molecule has 2 aromatic carbocycles. The second kappa shape index (κ2) is 10.9. The molecule has 0 atom stereocenters. The van der Waals surface area contributed by atoms with Gasteiger partial charge in [-0.25, -0.2) is 4.68 Å². The number of para-hydroxylation sites is 1. The normalized spacial score (nSPS) is 14.2. The first-order valence-corrected chi connectivity index (χ1v) is 12.7. The molecule has 0 spiro atoms. The minimum Gasteiger partial charge on any atom is -0.346 e. The van der Waals surface area contributed by atoms with Gasteiger partial charge in [0.2, 0.25) is 5.91 Å². The molecule has 35 heavy (non-hydrogen) atoms. The highest BCUT2D eigenvalue weighted by atomic mass is 16.2. The zero-order chi connectivity index (χ0) is 24.9. The molecule has 1 aliphatic heterocycles. The van der Waals surface area contributed by atoms with Gasteiger partial charge >= 0.3 is 0 Å². The number of rotatable bonds is 7. The van der Waals surface area contributed by atoms with Crippen LogP contribution in [0.4, 0.5) is 0 Å². The maximum atomic E-state index is 13.7. The summed E-state index contributed by atoms with van der Waals surface area (Å²) >= 11 is 0. The Hall–Kier alpha value is -3.41. The van der Waals surface area contributed by atoms with Gasteiger partial charge in [0.15, 0.2) is 0 Å². The van der Waals surface area contributed by atoms with Crippen LogP contribution in [-0.4, -0.2) is 58.1 Å². The van der Waals surface area contributed by atoms with E-state index in [4.69, 9.17) is 5.10 Å². The van der Waals surface area contributed by atoms with Crippen molar-refractivity contribution in [3.05, 3.63) is 71.4 Å². The Morgan fingerprint density at radius 1 is 1.06 bits per heavy atom. The Labute approximate surface area is 208 Å². The monoisotopic (exact) mass is 472 g/mol. The average Bonchev–Trinajstić information content (AvgIpc) is 3.32. The van der Waals surface area contributed by atoms with Crippen LogP contribution in [0.1, 0.15) is 54.1 Å². The van der Waals surface area contributed by atoms with E-state index < -0.39 is 0 Å². The highest BCUT2D eigenvalue weighted by Crippen LogP contribution is 2.30. The molecular weight excluding hydrogens is 436 g/mol. The number of aromatic nitrogens is 2. The summed E-state index contributed by atoms with van der Waals surface area (Å²) in [7, 11) is 1.89. The SMILES string of the molecule is CCCCN(C)C(=O)C1CCN(C(=O)c2cn(-c3ccccc3)nc2-c2ccc(C)cc2C)CC1. The van der Waals surface area contributed by atoms with Gasteiger partial charge < -0.3 is 9.80 Å². The highest BCUT2D eigenvalue weighted by molar-refractivity contribution is 6.00. The van der Waals surface area contributed by atoms with Crippen LogP contribution in [0, 0.1) is 19.8 Å². The van der Waals surface area contributed by atoms with E-state index >= 15 is 0 Å². The smallest absolute Gasteiger partial charge is 0.257 e. The van der Waals surface area contributed by atoms with Gasteiger partial charge in [-0.2, -0.15) is 5.10 Å². The summed E-state index contributed by atoms with van der Waals surface area (Å²) in [5.41, 5.74) is 5.46. The minimum absolute atomic E-state index is 0.00763. The lowest BCUT2D eigenvalue weighted by atomic mass is 9.94. The van der Waals surface area contributed by atoms with Gasteiger partial charge in [-0.05, 0) is 50.8 Å². The first-order chi connectivity index (χ1) is 16.9. The van der Waals surface area contributed by atoms with Crippen molar-refractivity contribution < 1.29 is 9.59 Å². The number of hydrogen-bond acceptors (Lipinski definition) is 3. The number of piperidine rings is 1. The quantitative estimate of drug-likeness (QED) is 0.471. The third-order valence-corrected chi connectivity index (χ3v) is 6.96. The Morgan fingerprint density at radius 3 is 2.43 bits per heavy atom. The van der Waals surface area contributed by atoms with Gasteiger partial charge in [0.1, 0.15) is 5.69 Å². The van der Waals surface area contributed by atoms with Crippen LogP contribution >= 0.6 is 0 Å². The number of likely N-dealkylation sites (tertiary alicyclic amines) is 1. The highest BCUT2D eigenvalue weighted by Gasteiger charge is 2.31. The molecule has 0 bridgehead atoms. The lowest BCUT2D eigenvalue weighted by molar-refractivity contribution is -0.135. The van der Waals surface area contributed by atoms with Crippen molar-refractivity contribution in [2.45, 2.75) is 46.5 Å². The summed E-state index contributed by atoms with van der Waals surface area (Å²) in [5.74, 6) is 0.178. The van der Waals surface area contributed by atoms with Crippen molar-refractivity contribution in [1.82, 2.24) is 19.6 Å². The summed E-state index contributed by atoms with van der Waals surface area (Å²) in [5, 5.41) is 4.86. The van der Waals surface area contributed by atoms with Crippen molar-refractivity contribution >= 4 is 11.8 Å². The Kier molecular flexibility index (Phi) is 7.69. The fourth-order valence-corrected chi connectivity index (χ4v) is 4.84. The van der Waals surface area contributed by atoms with Crippen molar-refractivity contribution in [3.8, 4) is 16.9 Å². The molecule has 6 nitrogen and oxygen atoms in total. The van der Waals surface area contributed by atoms with Gasteiger partial charge in [0, 0.05) is 44.4 Å². The number of aryl methyl sites for hydroxylation is 2. The van der Waals surface area contributed by atoms with Gasteiger partial charge in [0.25, 0.3) is 5.91 Å². The van der Waals surface area contributed by atoms with E-state index in [1.807, 2.05) is 53.4 Å².